The van der Waals surface area contributed by atoms with E-state index in [1.807, 2.05) is 29.2 Å². The van der Waals surface area contributed by atoms with Crippen LogP contribution >= 0.6 is 0 Å². The molecule has 1 heterocycles. The molecule has 1 unspecified atom stereocenters. The number of likely N-dealkylation sites (tertiary alicyclic amines) is 1. The normalized spacial score (nSPS) is 16.5. The highest BCUT2D eigenvalue weighted by atomic mass is 19.1. The van der Waals surface area contributed by atoms with Gasteiger partial charge in [-0.3, -0.25) is 4.79 Å². The lowest BCUT2D eigenvalue weighted by molar-refractivity contribution is -0.132. The molecule has 138 valence electrons. The molecule has 3 rings (SSSR count). The summed E-state index contributed by atoms with van der Waals surface area (Å²) in [5.74, 6) is 1.12. The van der Waals surface area contributed by atoms with Gasteiger partial charge in [0.25, 0.3) is 0 Å². The first kappa shape index (κ1) is 18.2. The Bertz CT molecular complexity index is 750. The molecular formula is C21H24FNO3. The Morgan fingerprint density at radius 3 is 2.81 bits per heavy atom. The Kier molecular flexibility index (Phi) is 6.10. The number of halogens is 1. The van der Waals surface area contributed by atoms with Crippen molar-refractivity contribution >= 4 is 5.91 Å². The molecule has 0 radical (unpaired) electrons. The van der Waals surface area contributed by atoms with Gasteiger partial charge in [0, 0.05) is 19.0 Å². The monoisotopic (exact) mass is 357 g/mol. The number of carbonyl (C=O) groups excluding carboxylic acids is 1. The van der Waals surface area contributed by atoms with Crippen LogP contribution in [-0.4, -0.2) is 31.1 Å². The predicted octanol–water partition coefficient (Wildman–Crippen LogP) is 4.36. The molecule has 0 saturated carbocycles. The van der Waals surface area contributed by atoms with E-state index in [1.165, 1.54) is 12.1 Å². The molecule has 2 aromatic carbocycles. The van der Waals surface area contributed by atoms with Crippen molar-refractivity contribution in [2.75, 3.05) is 20.3 Å². The second-order valence-corrected chi connectivity index (χ2v) is 6.43. The largest absolute Gasteiger partial charge is 0.497 e. The summed E-state index contributed by atoms with van der Waals surface area (Å²) < 4.78 is 23.9. The lowest BCUT2D eigenvalue weighted by Crippen LogP contribution is -2.30. The minimum absolute atomic E-state index is 0.113. The molecule has 0 aromatic heterocycles. The number of hydrogen-bond acceptors (Lipinski definition) is 3. The quantitative estimate of drug-likeness (QED) is 0.691. The predicted molar refractivity (Wildman–Crippen MR) is 97.8 cm³/mol. The van der Waals surface area contributed by atoms with Gasteiger partial charge in [0.1, 0.15) is 17.3 Å². The molecule has 0 spiro atoms. The summed E-state index contributed by atoms with van der Waals surface area (Å²) in [6.07, 6.45) is 3.01. The zero-order valence-electron chi connectivity index (χ0n) is 15.0. The Morgan fingerprint density at radius 2 is 2.00 bits per heavy atom. The van der Waals surface area contributed by atoms with Crippen molar-refractivity contribution in [2.45, 2.75) is 31.7 Å². The van der Waals surface area contributed by atoms with Gasteiger partial charge < -0.3 is 14.4 Å². The van der Waals surface area contributed by atoms with E-state index in [4.69, 9.17) is 9.47 Å². The average molecular weight is 357 g/mol. The van der Waals surface area contributed by atoms with Gasteiger partial charge in [0.15, 0.2) is 0 Å². The third-order valence-electron chi connectivity index (χ3n) is 4.65. The SMILES string of the molecule is COc1cccc(C2CCCN2C(=O)CCCOc2cccc(F)c2)c1. The minimum Gasteiger partial charge on any atom is -0.497 e. The van der Waals surface area contributed by atoms with Crippen molar-refractivity contribution in [2.24, 2.45) is 0 Å². The summed E-state index contributed by atoms with van der Waals surface area (Å²) >= 11 is 0. The fraction of sp³-hybridized carbons (Fsp3) is 0.381. The van der Waals surface area contributed by atoms with Crippen molar-refractivity contribution in [1.82, 2.24) is 4.90 Å². The topological polar surface area (TPSA) is 38.8 Å². The summed E-state index contributed by atoms with van der Waals surface area (Å²) in [7, 11) is 1.65. The van der Waals surface area contributed by atoms with Crippen LogP contribution in [0.3, 0.4) is 0 Å². The molecule has 1 amide bonds. The van der Waals surface area contributed by atoms with Crippen LogP contribution in [0.15, 0.2) is 48.5 Å². The molecular weight excluding hydrogens is 333 g/mol. The van der Waals surface area contributed by atoms with Gasteiger partial charge in [-0.1, -0.05) is 18.2 Å². The van der Waals surface area contributed by atoms with E-state index in [0.717, 1.165) is 30.7 Å². The number of rotatable bonds is 7. The Hall–Kier alpha value is -2.56. The average Bonchev–Trinajstić information content (AvgIpc) is 3.15. The lowest BCUT2D eigenvalue weighted by atomic mass is 10.0. The number of amides is 1. The zero-order valence-corrected chi connectivity index (χ0v) is 15.0. The Labute approximate surface area is 153 Å². The second kappa shape index (κ2) is 8.70. The third-order valence-corrected chi connectivity index (χ3v) is 4.65. The van der Waals surface area contributed by atoms with E-state index in [1.54, 1.807) is 19.2 Å². The van der Waals surface area contributed by atoms with Crippen LogP contribution in [0.4, 0.5) is 4.39 Å². The van der Waals surface area contributed by atoms with Crippen molar-refractivity contribution in [3.63, 3.8) is 0 Å². The maximum absolute atomic E-state index is 13.1. The van der Waals surface area contributed by atoms with E-state index in [9.17, 15) is 9.18 Å². The molecule has 0 aliphatic carbocycles. The van der Waals surface area contributed by atoms with Crippen LogP contribution in [0.5, 0.6) is 11.5 Å². The smallest absolute Gasteiger partial charge is 0.223 e. The molecule has 1 saturated heterocycles. The van der Waals surface area contributed by atoms with Gasteiger partial charge in [-0.25, -0.2) is 4.39 Å². The number of carbonyl (C=O) groups is 1. The molecule has 1 fully saturated rings. The van der Waals surface area contributed by atoms with Gasteiger partial charge in [0.05, 0.1) is 19.8 Å². The Morgan fingerprint density at radius 1 is 1.19 bits per heavy atom. The van der Waals surface area contributed by atoms with Crippen LogP contribution in [-0.2, 0) is 4.79 Å². The van der Waals surface area contributed by atoms with Crippen LogP contribution in [0.25, 0.3) is 0 Å². The molecule has 1 atom stereocenters. The molecule has 1 aliphatic heterocycles. The van der Waals surface area contributed by atoms with Gasteiger partial charge >= 0.3 is 0 Å². The first-order chi connectivity index (χ1) is 12.7. The number of methoxy groups -OCH3 is 1. The van der Waals surface area contributed by atoms with E-state index in [0.29, 0.717) is 25.2 Å². The summed E-state index contributed by atoms with van der Waals surface area (Å²) in [5, 5.41) is 0. The molecule has 2 aromatic rings. The molecule has 1 aliphatic rings. The molecule has 0 bridgehead atoms. The van der Waals surface area contributed by atoms with Gasteiger partial charge in [-0.05, 0) is 49.1 Å². The maximum atomic E-state index is 13.1. The van der Waals surface area contributed by atoms with Crippen LogP contribution < -0.4 is 9.47 Å². The summed E-state index contributed by atoms with van der Waals surface area (Å²) in [4.78, 5) is 14.6. The lowest BCUT2D eigenvalue weighted by Gasteiger charge is -2.25. The molecule has 5 heteroatoms. The molecule has 0 N–H and O–H groups in total. The first-order valence-electron chi connectivity index (χ1n) is 8.99. The number of ether oxygens (including phenoxy) is 2. The minimum atomic E-state index is -0.322. The Balaban J connectivity index is 1.51. The molecule has 4 nitrogen and oxygen atoms in total. The first-order valence-corrected chi connectivity index (χ1v) is 8.99. The second-order valence-electron chi connectivity index (χ2n) is 6.43. The van der Waals surface area contributed by atoms with Gasteiger partial charge in [-0.15, -0.1) is 0 Å². The molecule has 26 heavy (non-hydrogen) atoms. The van der Waals surface area contributed by atoms with Crippen molar-refractivity contribution in [1.29, 1.82) is 0 Å². The van der Waals surface area contributed by atoms with Crippen molar-refractivity contribution in [3.8, 4) is 11.5 Å². The number of benzene rings is 2. The maximum Gasteiger partial charge on any atom is 0.223 e. The highest BCUT2D eigenvalue weighted by molar-refractivity contribution is 5.77. The highest BCUT2D eigenvalue weighted by Gasteiger charge is 2.29. The van der Waals surface area contributed by atoms with Crippen LogP contribution in [0.1, 0.15) is 37.3 Å². The van der Waals surface area contributed by atoms with E-state index >= 15 is 0 Å². The third kappa shape index (κ3) is 4.54. The zero-order chi connectivity index (χ0) is 18.4. The van der Waals surface area contributed by atoms with Crippen LogP contribution in [0, 0.1) is 5.82 Å². The summed E-state index contributed by atoms with van der Waals surface area (Å²) in [6, 6.07) is 14.1. The standard InChI is InChI=1S/C21H24FNO3/c1-25-18-8-2-6-16(14-18)20-10-4-12-23(20)21(24)11-5-13-26-19-9-3-7-17(22)15-19/h2-3,6-9,14-15,20H,4-5,10-13H2,1H3. The number of hydrogen-bond donors (Lipinski definition) is 0. The van der Waals surface area contributed by atoms with Gasteiger partial charge in [-0.2, -0.15) is 0 Å². The fourth-order valence-electron chi connectivity index (χ4n) is 3.37. The van der Waals surface area contributed by atoms with Crippen molar-refractivity contribution < 1.29 is 18.7 Å². The van der Waals surface area contributed by atoms with Crippen molar-refractivity contribution in [3.05, 3.63) is 59.9 Å². The summed E-state index contributed by atoms with van der Waals surface area (Å²) in [6.45, 7) is 1.18. The fourth-order valence-corrected chi connectivity index (χ4v) is 3.37. The van der Waals surface area contributed by atoms with E-state index < -0.39 is 0 Å². The van der Waals surface area contributed by atoms with E-state index in [-0.39, 0.29) is 17.8 Å². The van der Waals surface area contributed by atoms with Gasteiger partial charge in [0.2, 0.25) is 5.91 Å². The highest BCUT2D eigenvalue weighted by Crippen LogP contribution is 2.34. The van der Waals surface area contributed by atoms with E-state index in [2.05, 4.69) is 0 Å². The van der Waals surface area contributed by atoms with Crippen LogP contribution in [0.2, 0.25) is 0 Å². The number of nitrogens with zero attached hydrogens (tertiary/aromatic N) is 1. The summed E-state index contributed by atoms with van der Waals surface area (Å²) in [5.41, 5.74) is 1.12.